The topological polar surface area (TPSA) is 68.0 Å². The molecule has 1 aromatic carbocycles. The molecule has 0 aliphatic heterocycles. The van der Waals surface area contributed by atoms with Crippen molar-refractivity contribution in [1.29, 1.82) is 0 Å². The first-order valence-electron chi connectivity index (χ1n) is 7.41. The van der Waals surface area contributed by atoms with Crippen molar-refractivity contribution >= 4 is 5.91 Å². The Morgan fingerprint density at radius 1 is 1.27 bits per heavy atom. The zero-order chi connectivity index (χ0) is 16.2. The van der Waals surface area contributed by atoms with E-state index in [1.54, 1.807) is 6.20 Å². The zero-order valence-electron chi connectivity index (χ0n) is 13.3. The lowest BCUT2D eigenvalue weighted by Gasteiger charge is -2.26. The lowest BCUT2D eigenvalue weighted by atomic mass is 9.85. The maximum Gasteiger partial charge on any atom is 0.241 e. The maximum absolute atomic E-state index is 12.3. The fourth-order valence-electron chi connectivity index (χ4n) is 2.36. The molecule has 1 heterocycles. The first-order valence-corrected chi connectivity index (χ1v) is 7.41. The second-order valence-electron chi connectivity index (χ2n) is 6.18. The lowest BCUT2D eigenvalue weighted by Crippen LogP contribution is -2.41. The number of amides is 1. The molecule has 0 radical (unpaired) electrons. The van der Waals surface area contributed by atoms with Crippen LogP contribution in [0.3, 0.4) is 0 Å². The van der Waals surface area contributed by atoms with Gasteiger partial charge in [0.25, 0.3) is 0 Å². The average molecular weight is 297 g/mol. The summed E-state index contributed by atoms with van der Waals surface area (Å²) < 4.78 is 0. The fraction of sp³-hybridized carbons (Fsp3) is 0.333. The minimum absolute atomic E-state index is 0.161. The number of aryl methyl sites for hydroxylation is 1. The second-order valence-corrected chi connectivity index (χ2v) is 6.18. The molecule has 1 aromatic heterocycles. The van der Waals surface area contributed by atoms with Gasteiger partial charge in [0.1, 0.15) is 6.04 Å². The van der Waals surface area contributed by atoms with Crippen LogP contribution >= 0.6 is 0 Å². The molecule has 0 fully saturated rings. The SMILES string of the molecule is Cc1ccccc1C(N)C(=O)NCC(C)(C)c1cccnc1. The molecule has 0 aliphatic rings. The highest BCUT2D eigenvalue weighted by atomic mass is 16.2. The van der Waals surface area contributed by atoms with E-state index in [-0.39, 0.29) is 11.3 Å². The molecule has 0 saturated heterocycles. The van der Waals surface area contributed by atoms with Crippen molar-refractivity contribution in [3.8, 4) is 0 Å². The number of rotatable bonds is 5. The van der Waals surface area contributed by atoms with Crippen LogP contribution in [0.5, 0.6) is 0 Å². The standard InChI is InChI=1S/C18H23N3O/c1-13-7-4-5-9-15(13)16(19)17(22)21-12-18(2,3)14-8-6-10-20-11-14/h4-11,16H,12,19H2,1-3H3,(H,21,22). The molecule has 1 unspecified atom stereocenters. The summed E-state index contributed by atoms with van der Waals surface area (Å²) in [4.78, 5) is 16.5. The lowest BCUT2D eigenvalue weighted by molar-refractivity contribution is -0.122. The summed E-state index contributed by atoms with van der Waals surface area (Å²) in [5.74, 6) is -0.161. The Bertz CT molecular complexity index is 638. The van der Waals surface area contributed by atoms with E-state index in [1.807, 2.05) is 49.5 Å². The third-order valence-corrected chi connectivity index (χ3v) is 3.95. The van der Waals surface area contributed by atoms with Crippen molar-refractivity contribution < 1.29 is 4.79 Å². The van der Waals surface area contributed by atoms with Crippen molar-refractivity contribution in [1.82, 2.24) is 10.3 Å². The first kappa shape index (κ1) is 16.2. The van der Waals surface area contributed by atoms with Crippen LogP contribution in [0.1, 0.15) is 36.6 Å². The molecule has 2 aromatic rings. The molecular weight excluding hydrogens is 274 g/mol. The summed E-state index contributed by atoms with van der Waals surface area (Å²) in [6.45, 7) is 6.62. The number of carbonyl (C=O) groups is 1. The fourth-order valence-corrected chi connectivity index (χ4v) is 2.36. The van der Waals surface area contributed by atoms with Gasteiger partial charge in [-0.3, -0.25) is 9.78 Å². The van der Waals surface area contributed by atoms with Crippen LogP contribution in [0.2, 0.25) is 0 Å². The molecule has 0 aliphatic carbocycles. The number of nitrogens with zero attached hydrogens (tertiary/aromatic N) is 1. The first-order chi connectivity index (χ1) is 10.4. The van der Waals surface area contributed by atoms with Gasteiger partial charge >= 0.3 is 0 Å². The number of nitrogens with two attached hydrogens (primary N) is 1. The van der Waals surface area contributed by atoms with E-state index in [1.165, 1.54) is 0 Å². The molecule has 0 spiro atoms. The van der Waals surface area contributed by atoms with Gasteiger partial charge < -0.3 is 11.1 Å². The molecular formula is C18H23N3O. The van der Waals surface area contributed by atoms with Gasteiger partial charge in [0.15, 0.2) is 0 Å². The molecule has 3 N–H and O–H groups in total. The normalized spacial score (nSPS) is 12.7. The van der Waals surface area contributed by atoms with Crippen LogP contribution in [0.25, 0.3) is 0 Å². The van der Waals surface area contributed by atoms with Crippen molar-refractivity contribution in [2.75, 3.05) is 6.54 Å². The van der Waals surface area contributed by atoms with E-state index >= 15 is 0 Å². The molecule has 1 amide bonds. The van der Waals surface area contributed by atoms with E-state index in [4.69, 9.17) is 5.73 Å². The monoisotopic (exact) mass is 297 g/mol. The Kier molecular flexibility index (Phi) is 4.93. The summed E-state index contributed by atoms with van der Waals surface area (Å²) >= 11 is 0. The van der Waals surface area contributed by atoms with Gasteiger partial charge in [-0.15, -0.1) is 0 Å². The number of hydrogen-bond donors (Lipinski definition) is 2. The second kappa shape index (κ2) is 6.71. The van der Waals surface area contributed by atoms with Gasteiger partial charge in [-0.2, -0.15) is 0 Å². The Labute approximate surface area is 131 Å². The highest BCUT2D eigenvalue weighted by molar-refractivity contribution is 5.83. The summed E-state index contributed by atoms with van der Waals surface area (Å²) in [6.07, 6.45) is 3.57. The average Bonchev–Trinajstić information content (AvgIpc) is 2.53. The number of aromatic nitrogens is 1. The van der Waals surface area contributed by atoms with E-state index in [0.29, 0.717) is 6.54 Å². The Balaban J connectivity index is 2.02. The van der Waals surface area contributed by atoms with Gasteiger partial charge in [-0.25, -0.2) is 0 Å². The molecule has 4 heteroatoms. The van der Waals surface area contributed by atoms with Gasteiger partial charge in [0, 0.05) is 24.4 Å². The predicted molar refractivity (Wildman–Crippen MR) is 88.4 cm³/mol. The molecule has 22 heavy (non-hydrogen) atoms. The van der Waals surface area contributed by atoms with Crippen LogP contribution < -0.4 is 11.1 Å². The number of pyridine rings is 1. The van der Waals surface area contributed by atoms with Crippen LogP contribution in [0, 0.1) is 6.92 Å². The third kappa shape index (κ3) is 3.71. The minimum Gasteiger partial charge on any atom is -0.354 e. The molecule has 0 saturated carbocycles. The number of carbonyl (C=O) groups excluding carboxylic acids is 1. The van der Waals surface area contributed by atoms with Crippen molar-refractivity contribution in [2.45, 2.75) is 32.2 Å². The van der Waals surface area contributed by atoms with E-state index in [9.17, 15) is 4.79 Å². The smallest absolute Gasteiger partial charge is 0.241 e. The molecule has 116 valence electrons. The molecule has 1 atom stereocenters. The largest absolute Gasteiger partial charge is 0.354 e. The Morgan fingerprint density at radius 3 is 2.64 bits per heavy atom. The van der Waals surface area contributed by atoms with Gasteiger partial charge in [0.05, 0.1) is 0 Å². The summed E-state index contributed by atoms with van der Waals surface area (Å²) in [5.41, 5.74) is 8.85. The summed E-state index contributed by atoms with van der Waals surface area (Å²) in [6, 6.07) is 11.0. The van der Waals surface area contributed by atoms with Crippen molar-refractivity contribution in [3.05, 3.63) is 65.5 Å². The highest BCUT2D eigenvalue weighted by Gasteiger charge is 2.24. The summed E-state index contributed by atoms with van der Waals surface area (Å²) in [7, 11) is 0. The molecule has 2 rings (SSSR count). The Morgan fingerprint density at radius 2 is 2.00 bits per heavy atom. The van der Waals surface area contributed by atoms with Crippen LogP contribution in [0.4, 0.5) is 0 Å². The van der Waals surface area contributed by atoms with Crippen molar-refractivity contribution in [3.63, 3.8) is 0 Å². The highest BCUT2D eigenvalue weighted by Crippen LogP contribution is 2.21. The van der Waals surface area contributed by atoms with Crippen LogP contribution in [0.15, 0.2) is 48.8 Å². The van der Waals surface area contributed by atoms with Crippen LogP contribution in [-0.4, -0.2) is 17.4 Å². The minimum atomic E-state index is -0.647. The van der Waals surface area contributed by atoms with Gasteiger partial charge in [0.2, 0.25) is 5.91 Å². The molecule has 4 nitrogen and oxygen atoms in total. The van der Waals surface area contributed by atoms with Gasteiger partial charge in [-0.1, -0.05) is 44.2 Å². The number of nitrogens with one attached hydrogen (secondary N) is 1. The zero-order valence-corrected chi connectivity index (χ0v) is 13.3. The maximum atomic E-state index is 12.3. The van der Waals surface area contributed by atoms with Crippen molar-refractivity contribution in [2.24, 2.45) is 5.73 Å². The third-order valence-electron chi connectivity index (χ3n) is 3.95. The predicted octanol–water partition coefficient (Wildman–Crippen LogP) is 2.48. The van der Waals surface area contributed by atoms with Crippen LogP contribution in [-0.2, 0) is 10.2 Å². The van der Waals surface area contributed by atoms with E-state index in [0.717, 1.165) is 16.7 Å². The quantitative estimate of drug-likeness (QED) is 0.891. The number of hydrogen-bond acceptors (Lipinski definition) is 3. The van der Waals surface area contributed by atoms with E-state index < -0.39 is 6.04 Å². The summed E-state index contributed by atoms with van der Waals surface area (Å²) in [5, 5.41) is 2.96. The van der Waals surface area contributed by atoms with E-state index in [2.05, 4.69) is 24.1 Å². The molecule has 0 bridgehead atoms. The van der Waals surface area contributed by atoms with Gasteiger partial charge in [-0.05, 0) is 29.7 Å². The number of benzene rings is 1. The Hall–Kier alpha value is -2.20.